The fourth-order valence-electron chi connectivity index (χ4n) is 1.38. The lowest BCUT2D eigenvalue weighted by atomic mass is 10.3. The lowest BCUT2D eigenvalue weighted by Gasteiger charge is -2.06. The van der Waals surface area contributed by atoms with Crippen LogP contribution in [0.1, 0.15) is 5.56 Å². The molecule has 0 amide bonds. The molecule has 0 spiro atoms. The van der Waals surface area contributed by atoms with Crippen LogP contribution in [-0.2, 0) is 5.33 Å². The zero-order chi connectivity index (χ0) is 13.8. The zero-order valence-corrected chi connectivity index (χ0v) is 11.9. The summed E-state index contributed by atoms with van der Waals surface area (Å²) in [5, 5.41) is 11.9. The molecule has 0 fully saturated rings. The fourth-order valence-corrected chi connectivity index (χ4v) is 1.88. The van der Waals surface area contributed by atoms with E-state index in [1.54, 1.807) is 12.3 Å². The number of pyridine rings is 1. The molecule has 2 aromatic rings. The Kier molecular flexibility index (Phi) is 4.34. The van der Waals surface area contributed by atoms with Crippen LogP contribution in [0.2, 0.25) is 5.02 Å². The second kappa shape index (κ2) is 5.99. The van der Waals surface area contributed by atoms with E-state index in [0.717, 1.165) is 5.56 Å². The molecule has 98 valence electrons. The van der Waals surface area contributed by atoms with Gasteiger partial charge in [0, 0.05) is 28.7 Å². The van der Waals surface area contributed by atoms with E-state index in [2.05, 4.69) is 20.9 Å². The van der Waals surface area contributed by atoms with Gasteiger partial charge in [0.25, 0.3) is 0 Å². The number of benzene rings is 1. The SMILES string of the molecule is O=[N+]([O-])c1cc(Cl)ccc1Oc1ccc(CBr)cn1. The van der Waals surface area contributed by atoms with Gasteiger partial charge in [-0.15, -0.1) is 0 Å². The van der Waals surface area contributed by atoms with Crippen molar-refractivity contribution in [3.63, 3.8) is 0 Å². The quantitative estimate of drug-likeness (QED) is 0.471. The molecule has 7 heteroatoms. The van der Waals surface area contributed by atoms with E-state index < -0.39 is 4.92 Å². The monoisotopic (exact) mass is 342 g/mol. The number of ether oxygens (including phenoxy) is 1. The third-order valence-corrected chi connectivity index (χ3v) is 3.17. The van der Waals surface area contributed by atoms with Crippen LogP contribution in [0, 0.1) is 10.1 Å². The molecule has 0 atom stereocenters. The maximum absolute atomic E-state index is 10.9. The molecule has 1 aromatic carbocycles. The highest BCUT2D eigenvalue weighted by Gasteiger charge is 2.16. The molecule has 0 N–H and O–H groups in total. The summed E-state index contributed by atoms with van der Waals surface area (Å²) in [7, 11) is 0. The number of aromatic nitrogens is 1. The average Bonchev–Trinajstić information content (AvgIpc) is 2.41. The zero-order valence-electron chi connectivity index (χ0n) is 9.55. The molecule has 0 saturated heterocycles. The van der Waals surface area contributed by atoms with Crippen LogP contribution >= 0.6 is 27.5 Å². The van der Waals surface area contributed by atoms with Crippen LogP contribution in [-0.4, -0.2) is 9.91 Å². The predicted molar refractivity (Wildman–Crippen MR) is 75.0 cm³/mol. The summed E-state index contributed by atoms with van der Waals surface area (Å²) < 4.78 is 5.40. The number of nitro groups is 1. The van der Waals surface area contributed by atoms with E-state index in [4.69, 9.17) is 16.3 Å². The largest absolute Gasteiger partial charge is 0.432 e. The first kappa shape index (κ1) is 13.8. The second-order valence-corrected chi connectivity index (χ2v) is 4.61. The van der Waals surface area contributed by atoms with Crippen LogP contribution < -0.4 is 4.74 Å². The molecule has 2 rings (SSSR count). The van der Waals surface area contributed by atoms with Crippen molar-refractivity contribution in [3.05, 3.63) is 57.2 Å². The highest BCUT2D eigenvalue weighted by Crippen LogP contribution is 2.32. The Hall–Kier alpha value is -1.66. The van der Waals surface area contributed by atoms with Gasteiger partial charge in [0.15, 0.2) is 0 Å². The number of alkyl halides is 1. The molecule has 1 aromatic heterocycles. The van der Waals surface area contributed by atoms with Gasteiger partial charge >= 0.3 is 5.69 Å². The fraction of sp³-hybridized carbons (Fsp3) is 0.0833. The highest BCUT2D eigenvalue weighted by atomic mass is 79.9. The van der Waals surface area contributed by atoms with Crippen molar-refractivity contribution in [2.24, 2.45) is 0 Å². The van der Waals surface area contributed by atoms with Gasteiger partial charge < -0.3 is 4.74 Å². The number of nitro benzene ring substituents is 1. The molecule has 0 aliphatic rings. The normalized spacial score (nSPS) is 10.2. The average molecular weight is 344 g/mol. The topological polar surface area (TPSA) is 65.3 Å². The summed E-state index contributed by atoms with van der Waals surface area (Å²) in [5.41, 5.74) is 0.789. The molecule has 0 radical (unpaired) electrons. The van der Waals surface area contributed by atoms with E-state index in [-0.39, 0.29) is 22.3 Å². The second-order valence-electron chi connectivity index (χ2n) is 3.61. The summed E-state index contributed by atoms with van der Waals surface area (Å²) in [4.78, 5) is 14.4. The lowest BCUT2D eigenvalue weighted by Crippen LogP contribution is -1.95. The van der Waals surface area contributed by atoms with E-state index in [1.165, 1.54) is 18.2 Å². The molecular weight excluding hydrogens is 336 g/mol. The first-order valence-corrected chi connectivity index (χ1v) is 6.73. The Morgan fingerprint density at radius 2 is 2.16 bits per heavy atom. The van der Waals surface area contributed by atoms with Gasteiger partial charge in [-0.05, 0) is 17.7 Å². The van der Waals surface area contributed by atoms with E-state index in [9.17, 15) is 10.1 Å². The molecule has 0 saturated carbocycles. The minimum absolute atomic E-state index is 0.105. The molecule has 19 heavy (non-hydrogen) atoms. The van der Waals surface area contributed by atoms with Crippen molar-refractivity contribution in [3.8, 4) is 11.6 Å². The molecule has 0 unspecified atom stereocenters. The van der Waals surface area contributed by atoms with Crippen molar-refractivity contribution < 1.29 is 9.66 Å². The van der Waals surface area contributed by atoms with Crippen LogP contribution in [0.4, 0.5) is 5.69 Å². The summed E-state index contributed by atoms with van der Waals surface area (Å²) >= 11 is 9.03. The third-order valence-electron chi connectivity index (χ3n) is 2.28. The van der Waals surface area contributed by atoms with Crippen LogP contribution in [0.25, 0.3) is 0 Å². The standard InChI is InChI=1S/C12H8BrClN2O3/c13-6-8-1-4-12(15-7-8)19-11-3-2-9(14)5-10(11)16(17)18/h1-5,7H,6H2. The molecule has 0 bridgehead atoms. The van der Waals surface area contributed by atoms with Crippen molar-refractivity contribution in [2.75, 3.05) is 0 Å². The maximum atomic E-state index is 10.9. The summed E-state index contributed by atoms with van der Waals surface area (Å²) in [5.74, 6) is 0.392. The predicted octanol–water partition coefficient (Wildman–Crippen LogP) is 4.33. The highest BCUT2D eigenvalue weighted by molar-refractivity contribution is 9.08. The Morgan fingerprint density at radius 1 is 1.37 bits per heavy atom. The van der Waals surface area contributed by atoms with Crippen LogP contribution in [0.15, 0.2) is 36.5 Å². The summed E-state index contributed by atoms with van der Waals surface area (Å²) in [6, 6.07) is 7.68. The molecule has 0 aliphatic heterocycles. The lowest BCUT2D eigenvalue weighted by molar-refractivity contribution is -0.385. The van der Waals surface area contributed by atoms with Gasteiger partial charge in [0.1, 0.15) is 0 Å². The molecule has 5 nitrogen and oxygen atoms in total. The first-order chi connectivity index (χ1) is 9.10. The molecule has 0 aliphatic carbocycles. The number of hydrogen-bond acceptors (Lipinski definition) is 4. The van der Waals surface area contributed by atoms with Crippen molar-refractivity contribution in [1.82, 2.24) is 4.98 Å². The van der Waals surface area contributed by atoms with Gasteiger partial charge in [0.2, 0.25) is 11.6 Å². The summed E-state index contributed by atoms with van der Waals surface area (Å²) in [6.07, 6.45) is 1.63. The van der Waals surface area contributed by atoms with Gasteiger partial charge in [-0.3, -0.25) is 10.1 Å². The van der Waals surface area contributed by atoms with Gasteiger partial charge in [0.05, 0.1) is 4.92 Å². The minimum atomic E-state index is -0.548. The van der Waals surface area contributed by atoms with Crippen molar-refractivity contribution in [2.45, 2.75) is 5.33 Å². The molecular formula is C12H8BrClN2O3. The van der Waals surface area contributed by atoms with Crippen molar-refractivity contribution in [1.29, 1.82) is 0 Å². The number of rotatable bonds is 4. The van der Waals surface area contributed by atoms with Crippen molar-refractivity contribution >= 4 is 33.2 Å². The minimum Gasteiger partial charge on any atom is -0.432 e. The first-order valence-electron chi connectivity index (χ1n) is 5.23. The van der Waals surface area contributed by atoms with E-state index in [1.807, 2.05) is 6.07 Å². The summed E-state index contributed by atoms with van der Waals surface area (Å²) in [6.45, 7) is 0. The van der Waals surface area contributed by atoms with Crippen LogP contribution in [0.5, 0.6) is 11.6 Å². The van der Waals surface area contributed by atoms with E-state index in [0.29, 0.717) is 5.33 Å². The Bertz CT molecular complexity index is 604. The molecule has 1 heterocycles. The van der Waals surface area contributed by atoms with E-state index >= 15 is 0 Å². The maximum Gasteiger partial charge on any atom is 0.313 e. The van der Waals surface area contributed by atoms with Crippen LogP contribution in [0.3, 0.4) is 0 Å². The smallest absolute Gasteiger partial charge is 0.313 e. The van der Waals surface area contributed by atoms with Gasteiger partial charge in [-0.2, -0.15) is 0 Å². The van der Waals surface area contributed by atoms with Gasteiger partial charge in [-0.1, -0.05) is 33.6 Å². The Morgan fingerprint density at radius 3 is 2.74 bits per heavy atom. The number of halogens is 2. The van der Waals surface area contributed by atoms with Gasteiger partial charge in [-0.25, -0.2) is 4.98 Å². The Labute approximate surface area is 122 Å². The number of hydrogen-bond donors (Lipinski definition) is 0. The third kappa shape index (κ3) is 3.42. The number of nitrogens with zero attached hydrogens (tertiary/aromatic N) is 2. The Balaban J connectivity index is 2.29.